The van der Waals surface area contributed by atoms with Crippen LogP contribution >= 0.6 is 23.1 Å². The second kappa shape index (κ2) is 9.88. The molecule has 1 atom stereocenters. The van der Waals surface area contributed by atoms with Gasteiger partial charge in [-0.25, -0.2) is 0 Å². The molecule has 2 aromatic heterocycles. The molecule has 1 nitrogen and oxygen atoms in total. The van der Waals surface area contributed by atoms with Crippen molar-refractivity contribution in [2.24, 2.45) is 0 Å². The summed E-state index contributed by atoms with van der Waals surface area (Å²) in [6, 6.07) is 52.8. The van der Waals surface area contributed by atoms with Crippen LogP contribution in [0.5, 0.6) is 0 Å². The van der Waals surface area contributed by atoms with Gasteiger partial charge in [0.2, 0.25) is 0 Å². The van der Waals surface area contributed by atoms with Crippen molar-refractivity contribution in [1.82, 2.24) is 4.57 Å². The maximum atomic E-state index is 2.53. The minimum absolute atomic E-state index is 0.322. The molecule has 0 N–H and O–H groups in total. The number of fused-ring (bicyclic) bond motifs is 17. The Morgan fingerprint density at radius 3 is 2.30 bits per heavy atom. The van der Waals surface area contributed by atoms with Crippen molar-refractivity contribution in [3.8, 4) is 5.69 Å². The summed E-state index contributed by atoms with van der Waals surface area (Å²) in [6.45, 7) is 0. The topological polar surface area (TPSA) is 4.93 Å². The maximum absolute atomic E-state index is 2.53. The van der Waals surface area contributed by atoms with E-state index >= 15 is 0 Å². The molecule has 12 rings (SSSR count). The lowest BCUT2D eigenvalue weighted by Crippen LogP contribution is -2.33. The van der Waals surface area contributed by atoms with E-state index in [1.165, 1.54) is 96.1 Å². The zero-order valence-corrected chi connectivity index (χ0v) is 28.7. The zero-order valence-electron chi connectivity index (χ0n) is 27.1. The molecule has 1 unspecified atom stereocenters. The molecule has 0 saturated carbocycles. The van der Waals surface area contributed by atoms with Crippen molar-refractivity contribution in [3.63, 3.8) is 0 Å². The molecule has 234 valence electrons. The lowest BCUT2D eigenvalue weighted by molar-refractivity contribution is 0.666. The smallest absolute Gasteiger partial charge is 0.0698 e. The molecule has 2 aliphatic carbocycles. The lowest BCUT2D eigenvalue weighted by atomic mass is 9.65. The summed E-state index contributed by atoms with van der Waals surface area (Å²) < 4.78 is 5.20. The average Bonchev–Trinajstić information content (AvgIpc) is 3.82. The number of thiophene rings is 1. The Bertz CT molecular complexity index is 3020. The summed E-state index contributed by atoms with van der Waals surface area (Å²) in [5.41, 5.74) is 12.0. The first-order valence-corrected chi connectivity index (χ1v) is 19.1. The third-order valence-corrected chi connectivity index (χ3v) is 13.9. The molecule has 0 saturated heterocycles. The number of nitrogens with zero attached hydrogens (tertiary/aromatic N) is 1. The highest BCUT2D eigenvalue weighted by atomic mass is 32.2. The van der Waals surface area contributed by atoms with Crippen molar-refractivity contribution < 1.29 is 0 Å². The standard InChI is InChI=1S/C47H29NS2/c1-2-12-30-28(11-1)21-25-39-44(30)45-40(48(39)29-22-23-34-33-15-5-9-19-41(33)49-43(34)27-29)26-24-38-46(45)50-42-20-10-8-18-37(42)47(38)35-16-6-3-13-31(35)32-14-4-7-17-36(32)47/h1-6,8-16,18-27H,7,17H2. The predicted molar refractivity (Wildman–Crippen MR) is 213 cm³/mol. The van der Waals surface area contributed by atoms with Crippen LogP contribution in [-0.2, 0) is 5.41 Å². The second-order valence-electron chi connectivity index (χ2n) is 13.9. The van der Waals surface area contributed by atoms with Gasteiger partial charge in [-0.15, -0.1) is 11.3 Å². The van der Waals surface area contributed by atoms with Gasteiger partial charge in [0.1, 0.15) is 0 Å². The van der Waals surface area contributed by atoms with Crippen molar-refractivity contribution in [3.05, 3.63) is 180 Å². The lowest BCUT2D eigenvalue weighted by Gasteiger charge is -2.41. The normalized spacial score (nSPS) is 17.7. The zero-order chi connectivity index (χ0) is 32.6. The van der Waals surface area contributed by atoms with Gasteiger partial charge in [0.05, 0.1) is 16.4 Å². The number of aromatic nitrogens is 1. The van der Waals surface area contributed by atoms with Crippen LogP contribution in [0.4, 0.5) is 0 Å². The van der Waals surface area contributed by atoms with Crippen molar-refractivity contribution in [2.75, 3.05) is 0 Å². The molecule has 3 heterocycles. The van der Waals surface area contributed by atoms with Crippen LogP contribution in [0.1, 0.15) is 35.1 Å². The summed E-state index contributed by atoms with van der Waals surface area (Å²) in [7, 11) is 0. The molecule has 9 aromatic rings. The molecule has 1 aliphatic heterocycles. The largest absolute Gasteiger partial charge is 0.309 e. The van der Waals surface area contributed by atoms with Gasteiger partial charge < -0.3 is 4.57 Å². The van der Waals surface area contributed by atoms with Gasteiger partial charge in [-0.05, 0) is 93.4 Å². The van der Waals surface area contributed by atoms with E-state index in [2.05, 4.69) is 156 Å². The van der Waals surface area contributed by atoms with Gasteiger partial charge in [-0.3, -0.25) is 0 Å². The van der Waals surface area contributed by atoms with Gasteiger partial charge in [0, 0.05) is 46.4 Å². The van der Waals surface area contributed by atoms with E-state index in [1.54, 1.807) is 5.57 Å². The molecule has 0 radical (unpaired) electrons. The van der Waals surface area contributed by atoms with E-state index in [0.717, 1.165) is 12.8 Å². The third-order valence-electron chi connectivity index (χ3n) is 11.5. The van der Waals surface area contributed by atoms with Crippen molar-refractivity contribution in [1.29, 1.82) is 0 Å². The molecular formula is C47H29NS2. The molecule has 3 heteroatoms. The Hall–Kier alpha value is -5.35. The summed E-state index contributed by atoms with van der Waals surface area (Å²) >= 11 is 3.86. The van der Waals surface area contributed by atoms with E-state index in [4.69, 9.17) is 0 Å². The van der Waals surface area contributed by atoms with E-state index in [1.807, 2.05) is 23.1 Å². The highest BCUT2D eigenvalue weighted by Crippen LogP contribution is 2.64. The summed E-state index contributed by atoms with van der Waals surface area (Å²) in [4.78, 5) is 2.75. The molecule has 0 fully saturated rings. The van der Waals surface area contributed by atoms with Crippen LogP contribution < -0.4 is 0 Å². The van der Waals surface area contributed by atoms with Gasteiger partial charge in [-0.2, -0.15) is 0 Å². The molecule has 1 spiro atoms. The fraction of sp³-hybridized carbons (Fsp3) is 0.0638. The molecule has 7 aromatic carbocycles. The SMILES string of the molecule is C1=CC2=C(CC1)C1(c3ccccc3Sc3c1ccc1c3c3c4ccccc4ccc3n1-c1ccc3c(c1)sc1ccccc13)c1ccccc12. The van der Waals surface area contributed by atoms with Crippen LogP contribution in [-0.4, -0.2) is 4.57 Å². The summed E-state index contributed by atoms with van der Waals surface area (Å²) in [5.74, 6) is 0. The first-order chi connectivity index (χ1) is 24.8. The van der Waals surface area contributed by atoms with Crippen LogP contribution in [0.15, 0.2) is 167 Å². The Kier molecular flexibility index (Phi) is 5.43. The van der Waals surface area contributed by atoms with E-state index in [0.29, 0.717) is 0 Å². The fourth-order valence-electron chi connectivity index (χ4n) is 9.62. The van der Waals surface area contributed by atoms with E-state index in [-0.39, 0.29) is 5.41 Å². The first kappa shape index (κ1) is 27.5. The Morgan fingerprint density at radius 1 is 0.580 bits per heavy atom. The highest BCUT2D eigenvalue weighted by Gasteiger charge is 2.51. The number of benzene rings is 7. The van der Waals surface area contributed by atoms with E-state index in [9.17, 15) is 0 Å². The maximum Gasteiger partial charge on any atom is 0.0698 e. The monoisotopic (exact) mass is 671 g/mol. The molecule has 0 amide bonds. The van der Waals surface area contributed by atoms with E-state index < -0.39 is 0 Å². The third kappa shape index (κ3) is 3.35. The average molecular weight is 672 g/mol. The Labute approximate surface area is 297 Å². The number of allylic oxidation sites excluding steroid dienone is 4. The van der Waals surface area contributed by atoms with Crippen molar-refractivity contribution in [2.45, 2.75) is 28.0 Å². The van der Waals surface area contributed by atoms with Crippen LogP contribution in [0, 0.1) is 0 Å². The fourth-order valence-corrected chi connectivity index (χ4v) is 12.1. The van der Waals surface area contributed by atoms with Crippen molar-refractivity contribution >= 4 is 81.4 Å². The highest BCUT2D eigenvalue weighted by molar-refractivity contribution is 7.99. The van der Waals surface area contributed by atoms with Gasteiger partial charge in [0.15, 0.2) is 0 Å². The number of hydrogen-bond acceptors (Lipinski definition) is 2. The molecule has 50 heavy (non-hydrogen) atoms. The van der Waals surface area contributed by atoms with Gasteiger partial charge in [-0.1, -0.05) is 127 Å². The van der Waals surface area contributed by atoms with Gasteiger partial charge in [0.25, 0.3) is 0 Å². The minimum Gasteiger partial charge on any atom is -0.309 e. The van der Waals surface area contributed by atoms with Crippen LogP contribution in [0.3, 0.4) is 0 Å². The minimum atomic E-state index is -0.322. The molecular weight excluding hydrogens is 643 g/mol. The number of hydrogen-bond donors (Lipinski definition) is 0. The van der Waals surface area contributed by atoms with Gasteiger partial charge >= 0.3 is 0 Å². The second-order valence-corrected chi connectivity index (χ2v) is 16.0. The first-order valence-electron chi connectivity index (χ1n) is 17.5. The Balaban J connectivity index is 1.25. The van der Waals surface area contributed by atoms with Crippen LogP contribution in [0.2, 0.25) is 0 Å². The summed E-state index contributed by atoms with van der Waals surface area (Å²) in [6.07, 6.45) is 6.91. The Morgan fingerprint density at radius 2 is 1.34 bits per heavy atom. The molecule has 0 bridgehead atoms. The quantitative estimate of drug-likeness (QED) is 0.168. The van der Waals surface area contributed by atoms with Crippen LogP contribution in [0.25, 0.3) is 64.0 Å². The molecule has 3 aliphatic rings. The number of rotatable bonds is 1. The predicted octanol–water partition coefficient (Wildman–Crippen LogP) is 13.2. The summed E-state index contributed by atoms with van der Waals surface area (Å²) in [5, 5.41) is 7.97.